The maximum absolute atomic E-state index is 11.0. The van der Waals surface area contributed by atoms with E-state index in [0.717, 1.165) is 0 Å². The first-order chi connectivity index (χ1) is 8.69. The van der Waals surface area contributed by atoms with Crippen molar-refractivity contribution in [3.05, 3.63) is 0 Å². The van der Waals surface area contributed by atoms with Crippen molar-refractivity contribution in [1.29, 1.82) is 0 Å². The number of rotatable bonds is 4. The van der Waals surface area contributed by atoms with Crippen LogP contribution in [-0.4, -0.2) is 34.6 Å². The van der Waals surface area contributed by atoms with E-state index in [1.54, 1.807) is 0 Å². The lowest BCUT2D eigenvalue weighted by Crippen LogP contribution is -2.44. The lowest BCUT2D eigenvalue weighted by atomic mass is 9.71. The molecule has 3 saturated carbocycles. The molecule has 3 heteroatoms. The average molecular weight is 251 g/mol. The average Bonchev–Trinajstić information content (AvgIpc) is 3.10. The summed E-state index contributed by atoms with van der Waals surface area (Å²) in [4.78, 5) is 13.3. The molecule has 0 amide bonds. The lowest BCUT2D eigenvalue weighted by molar-refractivity contribution is -0.139. The molecular weight excluding hydrogens is 226 g/mol. The SMILES string of the molecule is O=C(O)CN(C1CC1)C1CCC2(CCCC2)CC1. The second kappa shape index (κ2) is 4.84. The largest absolute Gasteiger partial charge is 0.480 e. The van der Waals surface area contributed by atoms with Crippen molar-refractivity contribution in [2.45, 2.75) is 76.3 Å². The van der Waals surface area contributed by atoms with Gasteiger partial charge in [0.15, 0.2) is 0 Å². The van der Waals surface area contributed by atoms with E-state index in [1.165, 1.54) is 64.2 Å². The van der Waals surface area contributed by atoms with Gasteiger partial charge in [0.1, 0.15) is 0 Å². The van der Waals surface area contributed by atoms with Gasteiger partial charge in [-0.2, -0.15) is 0 Å². The molecular formula is C15H25NO2. The number of hydrogen-bond acceptors (Lipinski definition) is 2. The first-order valence-corrected chi connectivity index (χ1v) is 7.66. The van der Waals surface area contributed by atoms with Crippen molar-refractivity contribution in [3.8, 4) is 0 Å². The maximum atomic E-state index is 11.0. The summed E-state index contributed by atoms with van der Waals surface area (Å²) in [6, 6.07) is 1.14. The van der Waals surface area contributed by atoms with Gasteiger partial charge >= 0.3 is 5.97 Å². The normalized spacial score (nSPS) is 28.1. The Morgan fingerprint density at radius 1 is 1.00 bits per heavy atom. The highest BCUT2D eigenvalue weighted by molar-refractivity contribution is 5.69. The van der Waals surface area contributed by atoms with Crippen LogP contribution in [0.3, 0.4) is 0 Å². The Morgan fingerprint density at radius 2 is 1.56 bits per heavy atom. The molecule has 0 saturated heterocycles. The van der Waals surface area contributed by atoms with E-state index in [-0.39, 0.29) is 6.54 Å². The van der Waals surface area contributed by atoms with Gasteiger partial charge in [-0.3, -0.25) is 9.69 Å². The van der Waals surface area contributed by atoms with Crippen molar-refractivity contribution < 1.29 is 9.90 Å². The summed E-state index contributed by atoms with van der Waals surface area (Å²) in [6.45, 7) is 0.266. The van der Waals surface area contributed by atoms with Gasteiger partial charge in [-0.05, 0) is 56.8 Å². The van der Waals surface area contributed by atoms with Crippen LogP contribution in [-0.2, 0) is 4.79 Å². The standard InChI is InChI=1S/C15H25NO2/c17-14(18)11-16(12-3-4-12)13-5-9-15(10-6-13)7-1-2-8-15/h12-13H,1-11H2,(H,17,18). The van der Waals surface area contributed by atoms with E-state index < -0.39 is 5.97 Å². The Balaban J connectivity index is 1.58. The van der Waals surface area contributed by atoms with Gasteiger partial charge in [0.2, 0.25) is 0 Å². The highest BCUT2D eigenvalue weighted by Gasteiger charge is 2.42. The number of carbonyl (C=O) groups is 1. The minimum atomic E-state index is -0.650. The predicted octanol–water partition coefficient (Wildman–Crippen LogP) is 3.04. The zero-order valence-electron chi connectivity index (χ0n) is 11.2. The second-order valence-corrected chi connectivity index (χ2v) is 6.74. The minimum absolute atomic E-state index is 0.266. The molecule has 0 aromatic heterocycles. The van der Waals surface area contributed by atoms with Crippen LogP contribution in [0, 0.1) is 5.41 Å². The molecule has 0 unspecified atom stereocenters. The van der Waals surface area contributed by atoms with E-state index in [4.69, 9.17) is 5.11 Å². The van der Waals surface area contributed by atoms with Crippen LogP contribution in [0.25, 0.3) is 0 Å². The molecule has 18 heavy (non-hydrogen) atoms. The van der Waals surface area contributed by atoms with E-state index >= 15 is 0 Å². The summed E-state index contributed by atoms with van der Waals surface area (Å²) in [6.07, 6.45) is 13.3. The van der Waals surface area contributed by atoms with Crippen LogP contribution in [0.1, 0.15) is 64.2 Å². The van der Waals surface area contributed by atoms with Crippen molar-refractivity contribution >= 4 is 5.97 Å². The molecule has 3 nitrogen and oxygen atoms in total. The van der Waals surface area contributed by atoms with E-state index in [2.05, 4.69) is 4.90 Å². The number of aliphatic carboxylic acids is 1. The van der Waals surface area contributed by atoms with Gasteiger partial charge in [0.25, 0.3) is 0 Å². The van der Waals surface area contributed by atoms with E-state index in [1.807, 2.05) is 0 Å². The van der Waals surface area contributed by atoms with Crippen molar-refractivity contribution in [2.75, 3.05) is 6.54 Å². The molecule has 0 atom stereocenters. The molecule has 0 aliphatic heterocycles. The molecule has 3 rings (SSSR count). The fourth-order valence-corrected chi connectivity index (χ4v) is 4.29. The predicted molar refractivity (Wildman–Crippen MR) is 70.5 cm³/mol. The molecule has 102 valence electrons. The Morgan fingerprint density at radius 3 is 2.06 bits per heavy atom. The fraction of sp³-hybridized carbons (Fsp3) is 0.933. The number of nitrogens with zero attached hydrogens (tertiary/aromatic N) is 1. The van der Waals surface area contributed by atoms with Crippen LogP contribution < -0.4 is 0 Å². The number of carboxylic acid groups (broad SMARTS) is 1. The van der Waals surface area contributed by atoms with E-state index in [0.29, 0.717) is 17.5 Å². The molecule has 1 N–H and O–H groups in total. The Kier molecular flexibility index (Phi) is 3.35. The molecule has 3 aliphatic carbocycles. The number of carboxylic acids is 1. The van der Waals surface area contributed by atoms with Gasteiger partial charge in [0, 0.05) is 12.1 Å². The Bertz CT molecular complexity index is 308. The molecule has 0 bridgehead atoms. The van der Waals surface area contributed by atoms with Gasteiger partial charge in [-0.15, -0.1) is 0 Å². The molecule has 0 radical (unpaired) electrons. The van der Waals surface area contributed by atoms with Crippen molar-refractivity contribution in [2.24, 2.45) is 5.41 Å². The molecule has 3 aliphatic rings. The third-order valence-corrected chi connectivity index (χ3v) is 5.48. The zero-order chi connectivity index (χ0) is 12.6. The number of hydrogen-bond donors (Lipinski definition) is 1. The summed E-state index contributed by atoms with van der Waals surface area (Å²) in [5.74, 6) is -0.650. The molecule has 0 aromatic carbocycles. The van der Waals surface area contributed by atoms with Crippen molar-refractivity contribution in [3.63, 3.8) is 0 Å². The summed E-state index contributed by atoms with van der Waals surface area (Å²) in [5, 5.41) is 9.05. The lowest BCUT2D eigenvalue weighted by Gasteiger charge is -2.41. The topological polar surface area (TPSA) is 40.5 Å². The van der Waals surface area contributed by atoms with Crippen LogP contribution in [0.5, 0.6) is 0 Å². The third kappa shape index (κ3) is 2.56. The Labute approximate surface area is 110 Å². The summed E-state index contributed by atoms with van der Waals surface area (Å²) >= 11 is 0. The monoisotopic (exact) mass is 251 g/mol. The van der Waals surface area contributed by atoms with Gasteiger partial charge in [-0.25, -0.2) is 0 Å². The van der Waals surface area contributed by atoms with Crippen molar-refractivity contribution in [1.82, 2.24) is 4.90 Å². The van der Waals surface area contributed by atoms with Crippen LogP contribution in [0.15, 0.2) is 0 Å². The summed E-state index contributed by atoms with van der Waals surface area (Å²) < 4.78 is 0. The molecule has 0 aromatic rings. The Hall–Kier alpha value is -0.570. The van der Waals surface area contributed by atoms with Crippen LogP contribution in [0.2, 0.25) is 0 Å². The molecule has 0 heterocycles. The van der Waals surface area contributed by atoms with Crippen LogP contribution in [0.4, 0.5) is 0 Å². The van der Waals surface area contributed by atoms with Crippen LogP contribution >= 0.6 is 0 Å². The summed E-state index contributed by atoms with van der Waals surface area (Å²) in [5.41, 5.74) is 0.662. The van der Waals surface area contributed by atoms with Gasteiger partial charge < -0.3 is 5.11 Å². The highest BCUT2D eigenvalue weighted by atomic mass is 16.4. The second-order valence-electron chi connectivity index (χ2n) is 6.74. The maximum Gasteiger partial charge on any atom is 0.317 e. The third-order valence-electron chi connectivity index (χ3n) is 5.48. The zero-order valence-corrected chi connectivity index (χ0v) is 11.2. The smallest absolute Gasteiger partial charge is 0.317 e. The quantitative estimate of drug-likeness (QED) is 0.835. The first kappa shape index (κ1) is 12.5. The first-order valence-electron chi connectivity index (χ1n) is 7.66. The highest BCUT2D eigenvalue weighted by Crippen LogP contribution is 2.50. The molecule has 1 spiro atoms. The molecule has 3 fully saturated rings. The fourth-order valence-electron chi connectivity index (χ4n) is 4.29. The minimum Gasteiger partial charge on any atom is -0.480 e. The van der Waals surface area contributed by atoms with Gasteiger partial charge in [0.05, 0.1) is 6.54 Å². The van der Waals surface area contributed by atoms with Gasteiger partial charge in [-0.1, -0.05) is 12.8 Å². The summed E-state index contributed by atoms with van der Waals surface area (Å²) in [7, 11) is 0. The van der Waals surface area contributed by atoms with E-state index in [9.17, 15) is 4.79 Å².